The maximum absolute atomic E-state index is 13.3. The van der Waals surface area contributed by atoms with Crippen molar-refractivity contribution in [3.05, 3.63) is 66.0 Å². The Morgan fingerprint density at radius 3 is 2.43 bits per heavy atom. The lowest BCUT2D eigenvalue weighted by molar-refractivity contribution is -0.144. The Balaban J connectivity index is 1.65. The minimum atomic E-state index is -0.506. The zero-order valence-corrected chi connectivity index (χ0v) is 12.4. The Bertz CT molecular complexity index is 662. The summed E-state index contributed by atoms with van der Waals surface area (Å²) in [6.45, 7) is 0.0104. The highest BCUT2D eigenvalue weighted by Crippen LogP contribution is 2.08. The van der Waals surface area contributed by atoms with Crippen molar-refractivity contribution in [3.63, 3.8) is 0 Å². The van der Waals surface area contributed by atoms with Crippen LogP contribution in [0.15, 0.2) is 54.6 Å². The molecule has 0 bridgehead atoms. The number of para-hydroxylation sites is 1. The fourth-order valence-corrected chi connectivity index (χ4v) is 1.82. The molecule has 23 heavy (non-hydrogen) atoms. The topological polar surface area (TPSA) is 67.4 Å². The molecule has 6 heteroatoms. The molecule has 0 saturated carbocycles. The van der Waals surface area contributed by atoms with Crippen molar-refractivity contribution >= 4 is 17.7 Å². The first-order chi connectivity index (χ1) is 11.1. The maximum Gasteiger partial charge on any atom is 0.319 e. The molecule has 0 fully saturated rings. The predicted molar refractivity (Wildman–Crippen MR) is 84.3 cm³/mol. The van der Waals surface area contributed by atoms with E-state index in [1.807, 2.05) is 6.07 Å². The minimum absolute atomic E-state index is 0.0106. The largest absolute Gasteiger partial charge is 0.461 e. The molecule has 5 nitrogen and oxygen atoms in total. The van der Waals surface area contributed by atoms with Gasteiger partial charge in [0.15, 0.2) is 0 Å². The van der Waals surface area contributed by atoms with E-state index in [1.54, 1.807) is 42.5 Å². The second-order valence-corrected chi connectivity index (χ2v) is 4.75. The van der Waals surface area contributed by atoms with E-state index in [2.05, 4.69) is 10.6 Å². The number of nitrogens with one attached hydrogen (secondary N) is 2. The van der Waals surface area contributed by atoms with Crippen molar-refractivity contribution < 1.29 is 18.7 Å². The lowest BCUT2D eigenvalue weighted by Gasteiger charge is -2.08. The normalized spacial score (nSPS) is 9.96. The van der Waals surface area contributed by atoms with E-state index < -0.39 is 17.8 Å². The summed E-state index contributed by atoms with van der Waals surface area (Å²) in [6, 6.07) is 14.6. The molecule has 2 aromatic rings. The summed E-state index contributed by atoms with van der Waals surface area (Å²) >= 11 is 0. The first-order valence-corrected chi connectivity index (χ1v) is 7.14. The number of hydrogen-bond donors (Lipinski definition) is 2. The number of amides is 2. The van der Waals surface area contributed by atoms with E-state index >= 15 is 0 Å². The molecule has 2 amide bonds. The second kappa shape index (κ2) is 8.53. The van der Waals surface area contributed by atoms with Gasteiger partial charge in [0.2, 0.25) is 0 Å². The highest BCUT2D eigenvalue weighted by Gasteiger charge is 2.07. The van der Waals surface area contributed by atoms with Gasteiger partial charge in [-0.3, -0.25) is 4.79 Å². The highest BCUT2D eigenvalue weighted by atomic mass is 19.1. The van der Waals surface area contributed by atoms with Gasteiger partial charge in [-0.05, 0) is 18.2 Å². The van der Waals surface area contributed by atoms with Crippen molar-refractivity contribution in [2.24, 2.45) is 0 Å². The van der Waals surface area contributed by atoms with Gasteiger partial charge in [-0.1, -0.05) is 36.4 Å². The molecule has 0 aliphatic rings. The second-order valence-electron chi connectivity index (χ2n) is 4.75. The number of rotatable bonds is 6. The van der Waals surface area contributed by atoms with Gasteiger partial charge in [-0.2, -0.15) is 0 Å². The first-order valence-electron chi connectivity index (χ1n) is 7.14. The van der Waals surface area contributed by atoms with E-state index in [-0.39, 0.29) is 19.6 Å². The summed E-state index contributed by atoms with van der Waals surface area (Å²) in [6.07, 6.45) is 0.0106. The maximum atomic E-state index is 13.3. The smallest absolute Gasteiger partial charge is 0.319 e. The summed E-state index contributed by atoms with van der Waals surface area (Å²) in [5.41, 5.74) is 0.975. The molecule has 0 heterocycles. The van der Waals surface area contributed by atoms with Gasteiger partial charge in [0.05, 0.1) is 6.42 Å². The number of ether oxygens (including phenoxy) is 1. The standard InChI is InChI=1S/C17H17FN2O3/c18-15-9-5-4-6-13(15)12-23-16(21)10-11-19-17(22)20-14-7-2-1-3-8-14/h1-9H,10-12H2,(H2,19,20,22). The molecule has 120 valence electrons. The van der Waals surface area contributed by atoms with Crippen LogP contribution in [0.1, 0.15) is 12.0 Å². The number of carbonyl (C=O) groups excluding carboxylic acids is 2. The molecule has 0 spiro atoms. The Hall–Kier alpha value is -2.89. The molecule has 0 aromatic heterocycles. The number of carbonyl (C=O) groups is 2. The van der Waals surface area contributed by atoms with Crippen LogP contribution in [0, 0.1) is 5.82 Å². The summed E-state index contributed by atoms with van der Waals surface area (Å²) < 4.78 is 18.3. The average molecular weight is 316 g/mol. The van der Waals surface area contributed by atoms with Crippen molar-refractivity contribution in [2.45, 2.75) is 13.0 Å². The quantitative estimate of drug-likeness (QED) is 0.805. The number of halogens is 1. The van der Waals surface area contributed by atoms with Crippen molar-refractivity contribution in [1.29, 1.82) is 0 Å². The van der Waals surface area contributed by atoms with Crippen LogP contribution in [0.5, 0.6) is 0 Å². The minimum Gasteiger partial charge on any atom is -0.461 e. The van der Waals surface area contributed by atoms with Crippen molar-refractivity contribution in [3.8, 4) is 0 Å². The Morgan fingerprint density at radius 1 is 1.00 bits per heavy atom. The zero-order chi connectivity index (χ0) is 16.5. The van der Waals surface area contributed by atoms with Gasteiger partial charge >= 0.3 is 12.0 Å². The van der Waals surface area contributed by atoms with Gasteiger partial charge in [0, 0.05) is 17.8 Å². The molecule has 2 N–H and O–H groups in total. The van der Waals surface area contributed by atoms with Gasteiger partial charge < -0.3 is 15.4 Å². The first kappa shape index (κ1) is 16.5. The third kappa shape index (κ3) is 5.78. The van der Waals surface area contributed by atoms with E-state index in [0.29, 0.717) is 11.3 Å². The highest BCUT2D eigenvalue weighted by molar-refractivity contribution is 5.89. The van der Waals surface area contributed by atoms with Gasteiger partial charge in [-0.15, -0.1) is 0 Å². The molecular weight excluding hydrogens is 299 g/mol. The van der Waals surface area contributed by atoms with Gasteiger partial charge in [0.25, 0.3) is 0 Å². The van der Waals surface area contributed by atoms with Gasteiger partial charge in [0.1, 0.15) is 12.4 Å². The number of hydrogen-bond acceptors (Lipinski definition) is 3. The van der Waals surface area contributed by atoms with E-state index in [9.17, 15) is 14.0 Å². The molecule has 2 rings (SSSR count). The number of anilines is 1. The lowest BCUT2D eigenvalue weighted by atomic mass is 10.2. The van der Waals surface area contributed by atoms with Crippen molar-refractivity contribution in [2.75, 3.05) is 11.9 Å². The van der Waals surface area contributed by atoms with Crippen LogP contribution in [0.4, 0.5) is 14.9 Å². The lowest BCUT2D eigenvalue weighted by Crippen LogP contribution is -2.30. The molecule has 0 aliphatic heterocycles. The summed E-state index contributed by atoms with van der Waals surface area (Å²) in [5, 5.41) is 5.18. The van der Waals surface area contributed by atoms with Crippen LogP contribution in [-0.2, 0) is 16.1 Å². The van der Waals surface area contributed by atoms with Crippen LogP contribution >= 0.6 is 0 Å². The molecule has 0 aliphatic carbocycles. The Morgan fingerprint density at radius 2 is 1.70 bits per heavy atom. The Kier molecular flexibility index (Phi) is 6.11. The van der Waals surface area contributed by atoms with Crippen LogP contribution in [0.25, 0.3) is 0 Å². The molecule has 0 atom stereocenters. The fraction of sp³-hybridized carbons (Fsp3) is 0.176. The number of benzene rings is 2. The summed E-state index contributed by atoms with van der Waals surface area (Å²) in [7, 11) is 0. The average Bonchev–Trinajstić information content (AvgIpc) is 2.55. The molecular formula is C17H17FN2O3. The fourth-order valence-electron chi connectivity index (χ4n) is 1.82. The van der Waals surface area contributed by atoms with Crippen LogP contribution < -0.4 is 10.6 Å². The third-order valence-corrected chi connectivity index (χ3v) is 2.99. The molecule has 2 aromatic carbocycles. The van der Waals surface area contributed by atoms with Crippen LogP contribution in [0.2, 0.25) is 0 Å². The van der Waals surface area contributed by atoms with Crippen LogP contribution in [-0.4, -0.2) is 18.5 Å². The van der Waals surface area contributed by atoms with E-state index in [0.717, 1.165) is 0 Å². The van der Waals surface area contributed by atoms with E-state index in [1.165, 1.54) is 6.07 Å². The van der Waals surface area contributed by atoms with Crippen LogP contribution in [0.3, 0.4) is 0 Å². The molecule has 0 unspecified atom stereocenters. The summed E-state index contributed by atoms with van der Waals surface area (Å²) in [5.74, 6) is -0.922. The van der Waals surface area contributed by atoms with Crippen molar-refractivity contribution in [1.82, 2.24) is 5.32 Å². The number of esters is 1. The molecule has 0 radical (unpaired) electrons. The predicted octanol–water partition coefficient (Wildman–Crippen LogP) is 3.08. The summed E-state index contributed by atoms with van der Waals surface area (Å²) in [4.78, 5) is 23.1. The third-order valence-electron chi connectivity index (χ3n) is 2.99. The molecule has 0 saturated heterocycles. The zero-order valence-electron chi connectivity index (χ0n) is 12.4. The monoisotopic (exact) mass is 316 g/mol. The Labute approximate surface area is 133 Å². The SMILES string of the molecule is O=C(NCCC(=O)OCc1ccccc1F)Nc1ccccc1. The van der Waals surface area contributed by atoms with E-state index in [4.69, 9.17) is 4.74 Å². The van der Waals surface area contributed by atoms with Gasteiger partial charge in [-0.25, -0.2) is 9.18 Å². The number of urea groups is 1.